The van der Waals surface area contributed by atoms with Crippen LogP contribution in [0.4, 0.5) is 16.3 Å². The Bertz CT molecular complexity index is 1040. The van der Waals surface area contributed by atoms with E-state index in [-0.39, 0.29) is 24.6 Å². The van der Waals surface area contributed by atoms with Crippen LogP contribution in [0.25, 0.3) is 0 Å². The van der Waals surface area contributed by atoms with E-state index >= 15 is 0 Å². The maximum absolute atomic E-state index is 11.8. The number of hydrogen-bond donors (Lipinski definition) is 4. The molecule has 10 nitrogen and oxygen atoms in total. The van der Waals surface area contributed by atoms with Gasteiger partial charge in [-0.3, -0.25) is 5.10 Å². The van der Waals surface area contributed by atoms with Gasteiger partial charge in [0.15, 0.2) is 5.82 Å². The lowest BCUT2D eigenvalue weighted by molar-refractivity contribution is 0.0917. The number of ether oxygens (including phenoxy) is 2. The van der Waals surface area contributed by atoms with E-state index in [0.717, 1.165) is 23.4 Å². The number of aromatic amines is 1. The second-order valence-corrected chi connectivity index (χ2v) is 9.54. The number of fused-ring (bicyclic) bond motifs is 1. The number of alkyl carbamates (subject to hydrolysis) is 1. The van der Waals surface area contributed by atoms with Crippen molar-refractivity contribution in [2.45, 2.75) is 43.9 Å². The topological polar surface area (TPSA) is 134 Å². The van der Waals surface area contributed by atoms with Crippen molar-refractivity contribution in [1.82, 2.24) is 20.2 Å². The summed E-state index contributed by atoms with van der Waals surface area (Å²) in [5.41, 5.74) is 2.30. The minimum Gasteiger partial charge on any atom is -0.449 e. The van der Waals surface area contributed by atoms with Gasteiger partial charge in [0, 0.05) is 30.3 Å². The molecule has 1 amide bonds. The van der Waals surface area contributed by atoms with Gasteiger partial charge in [0.05, 0.1) is 29.9 Å². The number of nitrogens with one attached hydrogen (secondary N) is 4. The van der Waals surface area contributed by atoms with E-state index in [1.54, 1.807) is 18.2 Å². The summed E-state index contributed by atoms with van der Waals surface area (Å²) < 4.78 is 37.2. The van der Waals surface area contributed by atoms with Gasteiger partial charge in [0.1, 0.15) is 0 Å². The molecule has 4 rings (SSSR count). The Morgan fingerprint density at radius 3 is 3.00 bits per heavy atom. The molecule has 2 aliphatic heterocycles. The van der Waals surface area contributed by atoms with Gasteiger partial charge in [-0.05, 0) is 44.0 Å². The lowest BCUT2D eigenvalue weighted by Gasteiger charge is -2.12. The summed E-state index contributed by atoms with van der Waals surface area (Å²) >= 11 is 0. The van der Waals surface area contributed by atoms with Crippen LogP contribution in [0, 0.1) is 5.92 Å². The Morgan fingerprint density at radius 2 is 2.20 bits per heavy atom. The van der Waals surface area contributed by atoms with Crippen LogP contribution >= 0.6 is 0 Å². The number of benzene rings is 1. The van der Waals surface area contributed by atoms with Gasteiger partial charge in [-0.25, -0.2) is 17.9 Å². The molecule has 1 saturated heterocycles. The summed E-state index contributed by atoms with van der Waals surface area (Å²) in [4.78, 5) is 11.9. The van der Waals surface area contributed by atoms with Crippen LogP contribution < -0.4 is 15.4 Å². The Hall–Kier alpha value is -2.63. The summed E-state index contributed by atoms with van der Waals surface area (Å²) in [5, 5.41) is 13.1. The fourth-order valence-electron chi connectivity index (χ4n) is 3.52. The number of carbonyl (C=O) groups is 1. The molecule has 0 saturated carbocycles. The lowest BCUT2D eigenvalue weighted by Crippen LogP contribution is -2.32. The van der Waals surface area contributed by atoms with Crippen molar-refractivity contribution in [3.8, 4) is 0 Å². The van der Waals surface area contributed by atoms with Crippen molar-refractivity contribution in [2.75, 3.05) is 18.5 Å². The van der Waals surface area contributed by atoms with Crippen LogP contribution in [-0.2, 0) is 26.0 Å². The molecule has 0 radical (unpaired) electrons. The molecule has 162 valence electrons. The molecule has 1 aromatic carbocycles. The van der Waals surface area contributed by atoms with Crippen molar-refractivity contribution in [3.05, 3.63) is 35.5 Å². The molecule has 2 aromatic rings. The zero-order valence-corrected chi connectivity index (χ0v) is 17.6. The predicted octanol–water partition coefficient (Wildman–Crippen LogP) is 2.16. The fraction of sp³-hybridized carbons (Fsp3) is 0.474. The second kappa shape index (κ2) is 8.25. The van der Waals surface area contributed by atoms with Crippen molar-refractivity contribution in [2.24, 2.45) is 5.92 Å². The quantitative estimate of drug-likeness (QED) is 0.546. The summed E-state index contributed by atoms with van der Waals surface area (Å²) in [7, 11) is -3.38. The maximum atomic E-state index is 11.8. The van der Waals surface area contributed by atoms with Gasteiger partial charge in [-0.2, -0.15) is 5.10 Å². The molecule has 0 aliphatic carbocycles. The molecular weight excluding hydrogens is 410 g/mol. The van der Waals surface area contributed by atoms with Crippen molar-refractivity contribution in [3.63, 3.8) is 0 Å². The van der Waals surface area contributed by atoms with Crippen LogP contribution in [-0.4, -0.2) is 44.0 Å². The van der Waals surface area contributed by atoms with E-state index in [9.17, 15) is 13.2 Å². The van der Waals surface area contributed by atoms with Crippen molar-refractivity contribution in [1.29, 1.82) is 0 Å². The highest BCUT2D eigenvalue weighted by molar-refractivity contribution is 7.89. The number of aromatic nitrogens is 2. The van der Waals surface area contributed by atoms with Crippen LogP contribution in [0.2, 0.25) is 0 Å². The van der Waals surface area contributed by atoms with E-state index in [1.165, 1.54) is 0 Å². The SMILES string of the molecule is CC(C)NC(=O)OC[C@@H]1COC(c2cc(Nc3ccc4c(c3)CNS4(=O)=O)n[nH]2)C1. The van der Waals surface area contributed by atoms with Gasteiger partial charge in [0.25, 0.3) is 0 Å². The maximum Gasteiger partial charge on any atom is 0.407 e. The van der Waals surface area contributed by atoms with E-state index in [1.807, 2.05) is 19.9 Å². The van der Waals surface area contributed by atoms with Crippen molar-refractivity contribution < 1.29 is 22.7 Å². The highest BCUT2D eigenvalue weighted by Crippen LogP contribution is 2.33. The first-order valence-electron chi connectivity index (χ1n) is 9.80. The largest absolute Gasteiger partial charge is 0.449 e. The van der Waals surface area contributed by atoms with Gasteiger partial charge in [-0.15, -0.1) is 0 Å². The molecule has 11 heteroatoms. The first-order valence-corrected chi connectivity index (χ1v) is 11.3. The van der Waals surface area contributed by atoms with E-state index in [2.05, 4.69) is 25.6 Å². The Balaban J connectivity index is 1.32. The summed E-state index contributed by atoms with van der Waals surface area (Å²) in [6, 6.07) is 6.98. The highest BCUT2D eigenvalue weighted by Gasteiger charge is 2.29. The number of sulfonamides is 1. The zero-order chi connectivity index (χ0) is 21.3. The number of anilines is 2. The van der Waals surface area contributed by atoms with Gasteiger partial charge in [0.2, 0.25) is 10.0 Å². The molecule has 4 N–H and O–H groups in total. The van der Waals surface area contributed by atoms with Gasteiger partial charge < -0.3 is 20.1 Å². The monoisotopic (exact) mass is 435 g/mol. The number of amides is 1. The number of hydrogen-bond acceptors (Lipinski definition) is 7. The molecule has 1 fully saturated rings. The average Bonchev–Trinajstić information content (AvgIpc) is 3.39. The van der Waals surface area contributed by atoms with Crippen LogP contribution in [0.1, 0.15) is 37.6 Å². The molecule has 1 unspecified atom stereocenters. The van der Waals surface area contributed by atoms with E-state index in [0.29, 0.717) is 23.9 Å². The third-order valence-corrected chi connectivity index (χ3v) is 6.46. The van der Waals surface area contributed by atoms with Crippen LogP contribution in [0.3, 0.4) is 0 Å². The lowest BCUT2D eigenvalue weighted by atomic mass is 10.1. The normalized spacial score (nSPS) is 22.1. The number of carbonyl (C=O) groups excluding carboxylic acids is 1. The molecule has 2 aliphatic rings. The minimum atomic E-state index is -3.38. The molecule has 1 aromatic heterocycles. The first-order chi connectivity index (χ1) is 14.3. The van der Waals surface area contributed by atoms with E-state index < -0.39 is 16.1 Å². The smallest absolute Gasteiger partial charge is 0.407 e. The molecule has 0 bridgehead atoms. The predicted molar refractivity (Wildman–Crippen MR) is 109 cm³/mol. The third kappa shape index (κ3) is 4.58. The highest BCUT2D eigenvalue weighted by atomic mass is 32.2. The molecule has 0 spiro atoms. The van der Waals surface area contributed by atoms with Gasteiger partial charge in [-0.1, -0.05) is 0 Å². The standard InChI is InChI=1S/C19H25N5O5S/c1-11(2)21-19(25)29-10-12-5-16(28-9-12)15-7-18(24-23-15)22-14-3-4-17-13(6-14)8-20-30(17,26)27/h3-4,6-7,11-12,16,20H,5,8-10H2,1-2H3,(H,21,25)(H2,22,23,24)/t12-,16?/m0/s1. The average molecular weight is 436 g/mol. The zero-order valence-electron chi connectivity index (χ0n) is 16.8. The third-order valence-electron chi connectivity index (χ3n) is 4.96. The Kier molecular flexibility index (Phi) is 5.67. The Labute approximate surface area is 174 Å². The molecule has 3 heterocycles. The van der Waals surface area contributed by atoms with Crippen LogP contribution in [0.15, 0.2) is 29.2 Å². The minimum absolute atomic E-state index is 0.0346. The van der Waals surface area contributed by atoms with Gasteiger partial charge >= 0.3 is 6.09 Å². The second-order valence-electron chi connectivity index (χ2n) is 7.80. The summed E-state index contributed by atoms with van der Waals surface area (Å²) in [5.74, 6) is 0.733. The first kappa shape index (κ1) is 20.6. The number of nitrogens with zero attached hydrogens (tertiary/aromatic N) is 1. The summed E-state index contributed by atoms with van der Waals surface area (Å²) in [6.07, 6.45) is 0.155. The molecule has 30 heavy (non-hydrogen) atoms. The fourth-order valence-corrected chi connectivity index (χ4v) is 4.74. The number of rotatable bonds is 6. The van der Waals surface area contributed by atoms with Crippen LogP contribution in [0.5, 0.6) is 0 Å². The molecule has 2 atom stereocenters. The number of H-pyrrole nitrogens is 1. The van der Waals surface area contributed by atoms with E-state index in [4.69, 9.17) is 9.47 Å². The Morgan fingerprint density at radius 1 is 1.37 bits per heavy atom. The molecular formula is C19H25N5O5S. The van der Waals surface area contributed by atoms with Crippen molar-refractivity contribution >= 4 is 27.6 Å². The summed E-state index contributed by atoms with van der Waals surface area (Å²) in [6.45, 7) is 4.85.